The second-order valence-electron chi connectivity index (χ2n) is 4.62. The predicted octanol–water partition coefficient (Wildman–Crippen LogP) is 1.31. The van der Waals surface area contributed by atoms with E-state index in [0.29, 0.717) is 19.6 Å². The van der Waals surface area contributed by atoms with Crippen molar-refractivity contribution in [2.24, 2.45) is 5.92 Å². The fourth-order valence-corrected chi connectivity index (χ4v) is 2.08. The number of ether oxygens (including phenoxy) is 2. The zero-order valence-corrected chi connectivity index (χ0v) is 10.7. The highest BCUT2D eigenvalue weighted by molar-refractivity contribution is 5.67. The van der Waals surface area contributed by atoms with Gasteiger partial charge in [0.15, 0.2) is 0 Å². The summed E-state index contributed by atoms with van der Waals surface area (Å²) in [7, 11) is 0. The minimum atomic E-state index is -0.450. The molecular formula is C14H19NO4. The van der Waals surface area contributed by atoms with Gasteiger partial charge in [-0.25, -0.2) is 4.79 Å². The van der Waals surface area contributed by atoms with Gasteiger partial charge in [0.25, 0.3) is 0 Å². The van der Waals surface area contributed by atoms with Crippen LogP contribution in [0.4, 0.5) is 4.79 Å². The Bertz CT molecular complexity index is 396. The molecule has 1 fully saturated rings. The summed E-state index contributed by atoms with van der Waals surface area (Å²) < 4.78 is 10.4. The van der Waals surface area contributed by atoms with Crippen LogP contribution in [0.25, 0.3) is 0 Å². The molecular weight excluding hydrogens is 246 g/mol. The van der Waals surface area contributed by atoms with Crippen molar-refractivity contribution in [2.75, 3.05) is 19.8 Å². The maximum Gasteiger partial charge on any atom is 0.407 e. The Balaban J connectivity index is 1.77. The highest BCUT2D eigenvalue weighted by Crippen LogP contribution is 2.14. The Morgan fingerprint density at radius 1 is 1.42 bits per heavy atom. The third kappa shape index (κ3) is 4.22. The number of hydrogen-bond donors (Lipinski definition) is 2. The molecule has 5 nitrogen and oxygen atoms in total. The Kier molecular flexibility index (Phi) is 5.18. The van der Waals surface area contributed by atoms with Crippen molar-refractivity contribution in [3.05, 3.63) is 35.9 Å². The van der Waals surface area contributed by atoms with E-state index in [9.17, 15) is 9.90 Å². The van der Waals surface area contributed by atoms with Gasteiger partial charge in [0, 0.05) is 18.6 Å². The lowest BCUT2D eigenvalue weighted by molar-refractivity contribution is 0.00755. The van der Waals surface area contributed by atoms with Gasteiger partial charge < -0.3 is 19.9 Å². The lowest BCUT2D eigenvalue weighted by atomic mass is 9.97. The first-order chi connectivity index (χ1) is 9.29. The lowest BCUT2D eigenvalue weighted by Gasteiger charge is -2.30. The van der Waals surface area contributed by atoms with Crippen molar-refractivity contribution in [1.82, 2.24) is 5.32 Å². The molecule has 0 aromatic heterocycles. The fraction of sp³-hybridized carbons (Fsp3) is 0.500. The summed E-state index contributed by atoms with van der Waals surface area (Å²) in [6, 6.07) is 9.43. The molecule has 0 unspecified atom stereocenters. The largest absolute Gasteiger partial charge is 0.445 e. The van der Waals surface area contributed by atoms with Crippen molar-refractivity contribution in [3.8, 4) is 0 Å². The molecule has 0 bridgehead atoms. The van der Waals surface area contributed by atoms with E-state index in [2.05, 4.69) is 5.32 Å². The molecule has 1 aromatic rings. The molecule has 104 valence electrons. The standard InChI is InChI=1S/C14H19NO4/c16-8-12-10-18-7-6-13(12)15-14(17)19-9-11-4-2-1-3-5-11/h1-5,12-13,16H,6-10H2,(H,15,17)/t12-,13-/m1/s1. The van der Waals surface area contributed by atoms with Gasteiger partial charge in [-0.05, 0) is 12.0 Å². The minimum absolute atomic E-state index is 0.00360. The molecule has 1 aliphatic heterocycles. The molecule has 19 heavy (non-hydrogen) atoms. The van der Waals surface area contributed by atoms with Crippen molar-refractivity contribution < 1.29 is 19.4 Å². The number of aliphatic hydroxyl groups is 1. The Labute approximate surface area is 112 Å². The summed E-state index contributed by atoms with van der Waals surface area (Å²) in [6.45, 7) is 1.32. The molecule has 1 saturated heterocycles. The van der Waals surface area contributed by atoms with E-state index in [-0.39, 0.29) is 25.2 Å². The van der Waals surface area contributed by atoms with Gasteiger partial charge in [0.2, 0.25) is 0 Å². The number of alkyl carbamates (subject to hydrolysis) is 1. The highest BCUT2D eigenvalue weighted by Gasteiger charge is 2.26. The van der Waals surface area contributed by atoms with Crippen LogP contribution in [0.1, 0.15) is 12.0 Å². The van der Waals surface area contributed by atoms with Crippen LogP contribution in [0.2, 0.25) is 0 Å². The lowest BCUT2D eigenvalue weighted by Crippen LogP contribution is -2.47. The van der Waals surface area contributed by atoms with Crippen molar-refractivity contribution >= 4 is 6.09 Å². The van der Waals surface area contributed by atoms with E-state index in [1.54, 1.807) is 0 Å². The predicted molar refractivity (Wildman–Crippen MR) is 69.6 cm³/mol. The van der Waals surface area contributed by atoms with Crippen LogP contribution < -0.4 is 5.32 Å². The molecule has 0 aliphatic carbocycles. The number of rotatable bonds is 4. The van der Waals surface area contributed by atoms with Crippen molar-refractivity contribution in [2.45, 2.75) is 19.1 Å². The van der Waals surface area contributed by atoms with Crippen LogP contribution in [0, 0.1) is 5.92 Å². The summed E-state index contributed by atoms with van der Waals surface area (Å²) in [6.07, 6.45) is 0.250. The monoisotopic (exact) mass is 265 g/mol. The van der Waals surface area contributed by atoms with Crippen LogP contribution >= 0.6 is 0 Å². The van der Waals surface area contributed by atoms with Crippen LogP contribution in [0.3, 0.4) is 0 Å². The maximum atomic E-state index is 11.7. The summed E-state index contributed by atoms with van der Waals surface area (Å²) in [5.74, 6) is -0.0574. The average molecular weight is 265 g/mol. The van der Waals surface area contributed by atoms with Crippen LogP contribution in [0.5, 0.6) is 0 Å². The minimum Gasteiger partial charge on any atom is -0.445 e. The summed E-state index contributed by atoms with van der Waals surface area (Å²) >= 11 is 0. The van der Waals surface area contributed by atoms with Gasteiger partial charge in [-0.2, -0.15) is 0 Å². The summed E-state index contributed by atoms with van der Waals surface area (Å²) in [5, 5.41) is 12.0. The molecule has 0 radical (unpaired) electrons. The fourth-order valence-electron chi connectivity index (χ4n) is 2.08. The quantitative estimate of drug-likeness (QED) is 0.861. The Hall–Kier alpha value is -1.59. The van der Waals surface area contributed by atoms with E-state index in [4.69, 9.17) is 9.47 Å². The number of nitrogens with one attached hydrogen (secondary N) is 1. The smallest absolute Gasteiger partial charge is 0.407 e. The number of aliphatic hydroxyl groups excluding tert-OH is 1. The molecule has 2 N–H and O–H groups in total. The normalized spacial score (nSPS) is 22.8. The topological polar surface area (TPSA) is 67.8 Å². The third-order valence-corrected chi connectivity index (χ3v) is 3.22. The van der Waals surface area contributed by atoms with E-state index in [1.165, 1.54) is 0 Å². The Morgan fingerprint density at radius 3 is 2.95 bits per heavy atom. The van der Waals surface area contributed by atoms with Crippen LogP contribution in [-0.2, 0) is 16.1 Å². The summed E-state index contributed by atoms with van der Waals surface area (Å²) in [5.41, 5.74) is 0.948. The second kappa shape index (κ2) is 7.11. The third-order valence-electron chi connectivity index (χ3n) is 3.22. The van der Waals surface area contributed by atoms with Crippen LogP contribution in [0.15, 0.2) is 30.3 Å². The molecule has 0 spiro atoms. The SMILES string of the molecule is O=C(N[C@@H]1CCOC[C@H]1CO)OCc1ccccc1. The molecule has 0 saturated carbocycles. The summed E-state index contributed by atoms with van der Waals surface area (Å²) in [4.78, 5) is 11.7. The molecule has 1 amide bonds. The number of hydrogen-bond acceptors (Lipinski definition) is 4. The van der Waals surface area contributed by atoms with E-state index < -0.39 is 6.09 Å². The zero-order chi connectivity index (χ0) is 13.5. The molecule has 1 aromatic carbocycles. The van der Waals surface area contributed by atoms with Crippen LogP contribution in [-0.4, -0.2) is 37.1 Å². The van der Waals surface area contributed by atoms with E-state index in [0.717, 1.165) is 5.56 Å². The first-order valence-electron chi connectivity index (χ1n) is 6.45. The zero-order valence-electron chi connectivity index (χ0n) is 10.7. The van der Waals surface area contributed by atoms with Gasteiger partial charge in [-0.15, -0.1) is 0 Å². The van der Waals surface area contributed by atoms with Gasteiger partial charge in [-0.1, -0.05) is 30.3 Å². The molecule has 2 rings (SSSR count). The second-order valence-corrected chi connectivity index (χ2v) is 4.62. The maximum absolute atomic E-state index is 11.7. The molecule has 2 atom stereocenters. The molecule has 1 heterocycles. The average Bonchev–Trinajstić information content (AvgIpc) is 2.47. The number of carbonyl (C=O) groups is 1. The van der Waals surface area contributed by atoms with Gasteiger partial charge in [0.1, 0.15) is 6.61 Å². The van der Waals surface area contributed by atoms with Gasteiger partial charge in [0.05, 0.1) is 13.2 Å². The number of carbonyl (C=O) groups excluding carboxylic acids is 1. The first kappa shape index (κ1) is 13.8. The van der Waals surface area contributed by atoms with Crippen molar-refractivity contribution in [3.63, 3.8) is 0 Å². The molecule has 5 heteroatoms. The number of amides is 1. The van der Waals surface area contributed by atoms with Gasteiger partial charge in [-0.3, -0.25) is 0 Å². The van der Waals surface area contributed by atoms with Gasteiger partial charge >= 0.3 is 6.09 Å². The van der Waals surface area contributed by atoms with Crippen molar-refractivity contribution in [1.29, 1.82) is 0 Å². The first-order valence-corrected chi connectivity index (χ1v) is 6.45. The highest BCUT2D eigenvalue weighted by atomic mass is 16.5. The Morgan fingerprint density at radius 2 is 2.21 bits per heavy atom. The van der Waals surface area contributed by atoms with E-state index in [1.807, 2.05) is 30.3 Å². The molecule has 1 aliphatic rings. The van der Waals surface area contributed by atoms with E-state index >= 15 is 0 Å². The number of benzene rings is 1.